The molecule has 0 spiro atoms. The molecule has 3 N–H and O–H groups in total. The van der Waals surface area contributed by atoms with Crippen molar-refractivity contribution in [3.05, 3.63) is 35.4 Å². The number of hydrogen-bond donors (Lipinski definition) is 2. The Balaban J connectivity index is 0.00000162. The van der Waals surface area contributed by atoms with Crippen molar-refractivity contribution in [3.8, 4) is 0 Å². The number of carbonyl (C=O) groups is 1. The standard InChI is InChI=1S/C14H20N2O.ClH/c1-10(8-15)14(17)16-9-11-6-12-4-2-3-5-13(12)7-11;/h2-5,10-11H,6-9,15H2,1H3,(H,16,17);1H. The lowest BCUT2D eigenvalue weighted by Crippen LogP contribution is -2.36. The van der Waals surface area contributed by atoms with Crippen LogP contribution in [0.15, 0.2) is 24.3 Å². The van der Waals surface area contributed by atoms with Crippen molar-refractivity contribution in [2.45, 2.75) is 19.8 Å². The molecular weight excluding hydrogens is 248 g/mol. The predicted octanol–water partition coefficient (Wildman–Crippen LogP) is 1.53. The summed E-state index contributed by atoms with van der Waals surface area (Å²) < 4.78 is 0. The highest BCUT2D eigenvalue weighted by Crippen LogP contribution is 2.25. The van der Waals surface area contributed by atoms with E-state index >= 15 is 0 Å². The first-order chi connectivity index (χ1) is 8.20. The van der Waals surface area contributed by atoms with Gasteiger partial charge in [-0.15, -0.1) is 12.4 Å². The quantitative estimate of drug-likeness (QED) is 0.870. The van der Waals surface area contributed by atoms with Crippen molar-refractivity contribution in [2.24, 2.45) is 17.6 Å². The van der Waals surface area contributed by atoms with E-state index in [1.165, 1.54) is 11.1 Å². The van der Waals surface area contributed by atoms with Gasteiger partial charge in [0, 0.05) is 19.0 Å². The fraction of sp³-hybridized carbons (Fsp3) is 0.500. The first-order valence-corrected chi connectivity index (χ1v) is 6.25. The van der Waals surface area contributed by atoms with Gasteiger partial charge >= 0.3 is 0 Å². The van der Waals surface area contributed by atoms with E-state index in [4.69, 9.17) is 5.73 Å². The van der Waals surface area contributed by atoms with Gasteiger partial charge < -0.3 is 11.1 Å². The molecule has 100 valence electrons. The molecular formula is C14H21ClN2O. The highest BCUT2D eigenvalue weighted by atomic mass is 35.5. The lowest BCUT2D eigenvalue weighted by atomic mass is 10.1. The summed E-state index contributed by atoms with van der Waals surface area (Å²) in [5.41, 5.74) is 8.32. The minimum absolute atomic E-state index is 0. The lowest BCUT2D eigenvalue weighted by Gasteiger charge is -2.13. The molecule has 0 bridgehead atoms. The number of nitrogens with two attached hydrogens (primary N) is 1. The molecule has 1 aliphatic rings. The normalized spacial score (nSPS) is 15.7. The first-order valence-electron chi connectivity index (χ1n) is 6.25. The number of halogens is 1. The fourth-order valence-corrected chi connectivity index (χ4v) is 2.32. The Morgan fingerprint density at radius 2 is 1.94 bits per heavy atom. The molecule has 2 rings (SSSR count). The Hall–Kier alpha value is -1.06. The van der Waals surface area contributed by atoms with Crippen LogP contribution in [0.4, 0.5) is 0 Å². The van der Waals surface area contributed by atoms with E-state index in [2.05, 4.69) is 29.6 Å². The SMILES string of the molecule is CC(CN)C(=O)NCC1Cc2ccccc2C1.Cl. The van der Waals surface area contributed by atoms with Gasteiger partial charge in [0.1, 0.15) is 0 Å². The number of hydrogen-bond acceptors (Lipinski definition) is 2. The van der Waals surface area contributed by atoms with E-state index in [1.807, 2.05) is 6.92 Å². The number of nitrogens with one attached hydrogen (secondary N) is 1. The third kappa shape index (κ3) is 3.47. The molecule has 18 heavy (non-hydrogen) atoms. The summed E-state index contributed by atoms with van der Waals surface area (Å²) >= 11 is 0. The maximum atomic E-state index is 11.6. The molecule has 1 amide bonds. The molecule has 0 saturated heterocycles. The van der Waals surface area contributed by atoms with Gasteiger partial charge in [-0.25, -0.2) is 0 Å². The van der Waals surface area contributed by atoms with Crippen LogP contribution >= 0.6 is 12.4 Å². The molecule has 0 heterocycles. The van der Waals surface area contributed by atoms with Gasteiger partial charge in [0.2, 0.25) is 5.91 Å². The molecule has 0 radical (unpaired) electrons. The van der Waals surface area contributed by atoms with E-state index < -0.39 is 0 Å². The number of amides is 1. The van der Waals surface area contributed by atoms with E-state index in [0.717, 1.165) is 19.4 Å². The Bertz CT molecular complexity index is 384. The number of rotatable bonds is 4. The fourth-order valence-electron chi connectivity index (χ4n) is 2.32. The van der Waals surface area contributed by atoms with Crippen molar-refractivity contribution in [3.63, 3.8) is 0 Å². The summed E-state index contributed by atoms with van der Waals surface area (Å²) in [7, 11) is 0. The topological polar surface area (TPSA) is 55.1 Å². The average Bonchev–Trinajstić information content (AvgIpc) is 2.77. The largest absolute Gasteiger partial charge is 0.356 e. The summed E-state index contributed by atoms with van der Waals surface area (Å²) in [5, 5.41) is 2.99. The number of fused-ring (bicyclic) bond motifs is 1. The molecule has 0 aromatic heterocycles. The second-order valence-electron chi connectivity index (χ2n) is 4.92. The maximum absolute atomic E-state index is 11.6. The summed E-state index contributed by atoms with van der Waals surface area (Å²) in [6.45, 7) is 3.04. The molecule has 0 aliphatic heterocycles. The highest BCUT2D eigenvalue weighted by molar-refractivity contribution is 5.85. The van der Waals surface area contributed by atoms with Gasteiger partial charge in [-0.1, -0.05) is 31.2 Å². The van der Waals surface area contributed by atoms with Crippen LogP contribution in [0.5, 0.6) is 0 Å². The third-order valence-electron chi connectivity index (χ3n) is 3.50. The van der Waals surface area contributed by atoms with Crippen LogP contribution in [-0.4, -0.2) is 19.0 Å². The number of carbonyl (C=O) groups excluding carboxylic acids is 1. The summed E-state index contributed by atoms with van der Waals surface area (Å²) in [4.78, 5) is 11.6. The molecule has 4 heteroatoms. The minimum Gasteiger partial charge on any atom is -0.356 e. The molecule has 1 aliphatic carbocycles. The van der Waals surface area contributed by atoms with Crippen LogP contribution in [0.25, 0.3) is 0 Å². The van der Waals surface area contributed by atoms with Gasteiger partial charge in [0.25, 0.3) is 0 Å². The smallest absolute Gasteiger partial charge is 0.224 e. The lowest BCUT2D eigenvalue weighted by molar-refractivity contribution is -0.124. The zero-order valence-corrected chi connectivity index (χ0v) is 11.5. The number of benzene rings is 1. The Labute approximate surface area is 115 Å². The molecule has 1 atom stereocenters. The van der Waals surface area contributed by atoms with E-state index in [0.29, 0.717) is 12.5 Å². The average molecular weight is 269 g/mol. The van der Waals surface area contributed by atoms with Crippen molar-refractivity contribution in [1.82, 2.24) is 5.32 Å². The minimum atomic E-state index is -0.0845. The van der Waals surface area contributed by atoms with Crippen molar-refractivity contribution >= 4 is 18.3 Å². The Morgan fingerprint density at radius 1 is 1.39 bits per heavy atom. The van der Waals surface area contributed by atoms with Crippen molar-refractivity contribution in [2.75, 3.05) is 13.1 Å². The summed E-state index contributed by atoms with van der Waals surface area (Å²) in [5.74, 6) is 0.531. The van der Waals surface area contributed by atoms with Gasteiger partial charge in [-0.3, -0.25) is 4.79 Å². The van der Waals surface area contributed by atoms with Crippen LogP contribution in [0.1, 0.15) is 18.1 Å². The van der Waals surface area contributed by atoms with Gasteiger partial charge in [-0.05, 0) is 29.9 Å². The van der Waals surface area contributed by atoms with Crippen LogP contribution in [0.2, 0.25) is 0 Å². The molecule has 1 unspecified atom stereocenters. The zero-order chi connectivity index (χ0) is 12.3. The van der Waals surface area contributed by atoms with Crippen LogP contribution in [0, 0.1) is 11.8 Å². The van der Waals surface area contributed by atoms with Crippen molar-refractivity contribution < 1.29 is 4.79 Å². The Morgan fingerprint density at radius 3 is 2.44 bits per heavy atom. The van der Waals surface area contributed by atoms with Crippen LogP contribution in [0.3, 0.4) is 0 Å². The van der Waals surface area contributed by atoms with Crippen LogP contribution < -0.4 is 11.1 Å². The molecule has 0 fully saturated rings. The Kier molecular flexibility index (Phi) is 5.63. The van der Waals surface area contributed by atoms with Crippen molar-refractivity contribution in [1.29, 1.82) is 0 Å². The van der Waals surface area contributed by atoms with Crippen LogP contribution in [-0.2, 0) is 17.6 Å². The molecule has 0 saturated carbocycles. The summed E-state index contributed by atoms with van der Waals surface area (Å²) in [6.07, 6.45) is 2.15. The van der Waals surface area contributed by atoms with E-state index in [1.54, 1.807) is 0 Å². The van der Waals surface area contributed by atoms with E-state index in [-0.39, 0.29) is 24.2 Å². The second kappa shape index (κ2) is 6.76. The van der Waals surface area contributed by atoms with Gasteiger partial charge in [0.05, 0.1) is 0 Å². The van der Waals surface area contributed by atoms with Gasteiger partial charge in [-0.2, -0.15) is 0 Å². The summed E-state index contributed by atoms with van der Waals surface area (Å²) in [6, 6.07) is 8.52. The van der Waals surface area contributed by atoms with Gasteiger partial charge in [0.15, 0.2) is 0 Å². The zero-order valence-electron chi connectivity index (χ0n) is 10.7. The molecule has 3 nitrogen and oxygen atoms in total. The molecule has 1 aromatic rings. The maximum Gasteiger partial charge on any atom is 0.224 e. The van der Waals surface area contributed by atoms with E-state index in [9.17, 15) is 4.79 Å². The second-order valence-corrected chi connectivity index (χ2v) is 4.92. The molecule has 1 aromatic carbocycles. The highest BCUT2D eigenvalue weighted by Gasteiger charge is 2.21. The monoisotopic (exact) mass is 268 g/mol. The third-order valence-corrected chi connectivity index (χ3v) is 3.50. The first kappa shape index (κ1) is 15.0. The predicted molar refractivity (Wildman–Crippen MR) is 75.8 cm³/mol.